The average Bonchev–Trinajstić information content (AvgIpc) is 3.13. The number of ether oxygens (including phenoxy) is 1. The van der Waals surface area contributed by atoms with Gasteiger partial charge < -0.3 is 14.5 Å². The highest BCUT2D eigenvalue weighted by atomic mass is 35.5. The molecule has 4 rings (SSSR count). The Hall–Kier alpha value is -2.45. The van der Waals surface area contributed by atoms with Gasteiger partial charge in [0, 0.05) is 38.6 Å². The number of carbonyl (C=O) groups excluding carboxylic acids is 1. The molecule has 1 aliphatic rings. The van der Waals surface area contributed by atoms with Crippen LogP contribution in [0.15, 0.2) is 30.6 Å². The number of anilines is 1. The minimum Gasteiger partial charge on any atom is -0.474 e. The average molecular weight is 418 g/mol. The summed E-state index contributed by atoms with van der Waals surface area (Å²) in [6.07, 6.45) is 3.27. The molecule has 146 valence electrons. The minimum absolute atomic E-state index is 0.0302. The van der Waals surface area contributed by atoms with Crippen molar-refractivity contribution in [3.05, 3.63) is 41.2 Å². The number of rotatable bonds is 4. The van der Waals surface area contributed by atoms with E-state index in [9.17, 15) is 4.79 Å². The van der Waals surface area contributed by atoms with Crippen LogP contribution in [-0.2, 0) is 0 Å². The van der Waals surface area contributed by atoms with E-state index in [0.717, 1.165) is 28.6 Å². The number of amides is 1. The fraction of sp³-hybridized carbons (Fsp3) is 0.368. The summed E-state index contributed by atoms with van der Waals surface area (Å²) in [6.45, 7) is 6.48. The van der Waals surface area contributed by atoms with Crippen LogP contribution in [0.1, 0.15) is 24.2 Å². The van der Waals surface area contributed by atoms with Crippen molar-refractivity contribution in [2.75, 3.05) is 31.1 Å². The van der Waals surface area contributed by atoms with Crippen molar-refractivity contribution in [1.82, 2.24) is 19.9 Å². The zero-order chi connectivity index (χ0) is 19.7. The molecule has 0 aliphatic carbocycles. The van der Waals surface area contributed by atoms with Crippen LogP contribution < -0.4 is 9.64 Å². The summed E-state index contributed by atoms with van der Waals surface area (Å²) in [5, 5.41) is 1.29. The molecule has 0 unspecified atom stereocenters. The second-order valence-corrected chi connectivity index (χ2v) is 8.14. The van der Waals surface area contributed by atoms with Gasteiger partial charge in [-0.1, -0.05) is 22.9 Å². The summed E-state index contributed by atoms with van der Waals surface area (Å²) in [5.41, 5.74) is 1.38. The van der Waals surface area contributed by atoms with E-state index in [1.54, 1.807) is 23.6 Å². The van der Waals surface area contributed by atoms with Gasteiger partial charge in [-0.05, 0) is 32.0 Å². The van der Waals surface area contributed by atoms with Crippen LogP contribution in [0.2, 0.25) is 5.02 Å². The molecule has 0 aromatic carbocycles. The Kier molecular flexibility index (Phi) is 5.32. The Balaban J connectivity index is 1.41. The predicted octanol–water partition coefficient (Wildman–Crippen LogP) is 3.49. The Bertz CT molecular complexity index is 968. The first-order valence-electron chi connectivity index (χ1n) is 9.09. The maximum atomic E-state index is 12.8. The van der Waals surface area contributed by atoms with Crippen LogP contribution >= 0.6 is 22.9 Å². The third kappa shape index (κ3) is 3.88. The highest BCUT2D eigenvalue weighted by molar-refractivity contribution is 7.21. The lowest BCUT2D eigenvalue weighted by atomic mass is 10.2. The second-order valence-electron chi connectivity index (χ2n) is 6.78. The van der Waals surface area contributed by atoms with Crippen molar-refractivity contribution in [2.45, 2.75) is 20.0 Å². The normalized spacial score (nSPS) is 14.7. The highest BCUT2D eigenvalue weighted by Crippen LogP contribution is 2.28. The molecule has 9 heteroatoms. The van der Waals surface area contributed by atoms with Gasteiger partial charge in [-0.15, -0.1) is 0 Å². The van der Waals surface area contributed by atoms with E-state index < -0.39 is 0 Å². The lowest BCUT2D eigenvalue weighted by Crippen LogP contribution is -2.48. The summed E-state index contributed by atoms with van der Waals surface area (Å²) in [5.74, 6) is 0.276. The first-order valence-corrected chi connectivity index (χ1v) is 10.3. The molecule has 1 saturated heterocycles. The minimum atomic E-state index is -0.0730. The smallest absolute Gasteiger partial charge is 0.255 e. The number of pyridine rings is 2. The molecule has 0 N–H and O–H groups in total. The zero-order valence-electron chi connectivity index (χ0n) is 15.6. The number of piperazine rings is 1. The van der Waals surface area contributed by atoms with E-state index in [1.165, 1.54) is 6.20 Å². The van der Waals surface area contributed by atoms with E-state index in [-0.39, 0.29) is 12.0 Å². The van der Waals surface area contributed by atoms with Gasteiger partial charge in [0.05, 0.1) is 11.7 Å². The van der Waals surface area contributed by atoms with Gasteiger partial charge in [0.2, 0.25) is 5.88 Å². The number of carbonyl (C=O) groups is 1. The molecule has 1 fully saturated rings. The molecule has 4 heterocycles. The van der Waals surface area contributed by atoms with Crippen LogP contribution in [-0.4, -0.2) is 58.0 Å². The molecule has 1 amide bonds. The van der Waals surface area contributed by atoms with Crippen LogP contribution in [0.25, 0.3) is 10.3 Å². The van der Waals surface area contributed by atoms with Gasteiger partial charge in [0.1, 0.15) is 15.4 Å². The molecular weight excluding hydrogens is 398 g/mol. The molecule has 0 spiro atoms. The van der Waals surface area contributed by atoms with E-state index in [4.69, 9.17) is 16.3 Å². The van der Waals surface area contributed by atoms with Crippen LogP contribution in [0.4, 0.5) is 5.13 Å². The van der Waals surface area contributed by atoms with Crippen molar-refractivity contribution < 1.29 is 9.53 Å². The first kappa shape index (κ1) is 18.9. The molecule has 3 aromatic heterocycles. The van der Waals surface area contributed by atoms with E-state index in [1.807, 2.05) is 30.9 Å². The number of hydrogen-bond acceptors (Lipinski definition) is 7. The molecule has 3 aromatic rings. The van der Waals surface area contributed by atoms with E-state index in [2.05, 4.69) is 19.9 Å². The highest BCUT2D eigenvalue weighted by Gasteiger charge is 2.25. The standard InChI is InChI=1S/C19H20ClN5O2S/c1-12(2)27-16-14(20)10-13(11-22-16)18(26)24-6-8-25(9-7-24)19-23-15-4-3-5-21-17(15)28-19/h3-5,10-12H,6-9H2,1-2H3. The molecule has 0 atom stereocenters. The Morgan fingerprint density at radius 1 is 1.25 bits per heavy atom. The van der Waals surface area contributed by atoms with Gasteiger partial charge >= 0.3 is 0 Å². The number of thiazole rings is 1. The molecule has 0 radical (unpaired) electrons. The topological polar surface area (TPSA) is 71.5 Å². The van der Waals surface area contributed by atoms with Gasteiger partial charge in [-0.25, -0.2) is 15.0 Å². The van der Waals surface area contributed by atoms with Crippen molar-refractivity contribution in [2.24, 2.45) is 0 Å². The van der Waals surface area contributed by atoms with Gasteiger partial charge in [0.25, 0.3) is 5.91 Å². The summed E-state index contributed by atoms with van der Waals surface area (Å²) in [4.78, 5) is 30.9. The summed E-state index contributed by atoms with van der Waals surface area (Å²) < 4.78 is 5.53. The van der Waals surface area contributed by atoms with Crippen molar-refractivity contribution in [3.8, 4) is 5.88 Å². The van der Waals surface area contributed by atoms with Gasteiger partial charge in [0.15, 0.2) is 5.13 Å². The van der Waals surface area contributed by atoms with Crippen LogP contribution in [0.5, 0.6) is 5.88 Å². The first-order chi connectivity index (χ1) is 13.5. The van der Waals surface area contributed by atoms with Gasteiger partial charge in [-0.3, -0.25) is 4.79 Å². The molecule has 0 saturated carbocycles. The quantitative estimate of drug-likeness (QED) is 0.647. The fourth-order valence-corrected chi connectivity index (χ4v) is 4.20. The van der Waals surface area contributed by atoms with Crippen molar-refractivity contribution in [1.29, 1.82) is 0 Å². The third-order valence-electron chi connectivity index (χ3n) is 4.39. The summed E-state index contributed by atoms with van der Waals surface area (Å²) in [6, 6.07) is 5.48. The number of hydrogen-bond donors (Lipinski definition) is 0. The largest absolute Gasteiger partial charge is 0.474 e. The van der Waals surface area contributed by atoms with Crippen molar-refractivity contribution >= 4 is 44.3 Å². The van der Waals surface area contributed by atoms with Gasteiger partial charge in [-0.2, -0.15) is 0 Å². The third-order valence-corrected chi connectivity index (χ3v) is 5.70. The van der Waals surface area contributed by atoms with Crippen molar-refractivity contribution in [3.63, 3.8) is 0 Å². The SMILES string of the molecule is CC(C)Oc1ncc(C(=O)N2CCN(c3nc4cccnc4s3)CC2)cc1Cl. The lowest BCUT2D eigenvalue weighted by molar-refractivity contribution is 0.0746. The monoisotopic (exact) mass is 417 g/mol. The van der Waals surface area contributed by atoms with E-state index in [0.29, 0.717) is 29.6 Å². The summed E-state index contributed by atoms with van der Waals surface area (Å²) >= 11 is 7.80. The lowest BCUT2D eigenvalue weighted by Gasteiger charge is -2.34. The molecule has 0 bridgehead atoms. The summed E-state index contributed by atoms with van der Waals surface area (Å²) in [7, 11) is 0. The second kappa shape index (κ2) is 7.89. The van der Waals surface area contributed by atoms with Crippen LogP contribution in [0, 0.1) is 0 Å². The predicted molar refractivity (Wildman–Crippen MR) is 111 cm³/mol. The van der Waals surface area contributed by atoms with Crippen LogP contribution in [0.3, 0.4) is 0 Å². The molecule has 7 nitrogen and oxygen atoms in total. The number of halogens is 1. The zero-order valence-corrected chi connectivity index (χ0v) is 17.2. The number of nitrogens with zero attached hydrogens (tertiary/aromatic N) is 5. The number of aromatic nitrogens is 3. The molecular formula is C19H20ClN5O2S. The molecule has 1 aliphatic heterocycles. The Labute approximate surface area is 171 Å². The Morgan fingerprint density at radius 3 is 2.71 bits per heavy atom. The number of fused-ring (bicyclic) bond motifs is 1. The Morgan fingerprint density at radius 2 is 2.04 bits per heavy atom. The fourth-order valence-electron chi connectivity index (χ4n) is 3.03. The molecule has 28 heavy (non-hydrogen) atoms. The maximum Gasteiger partial charge on any atom is 0.255 e. The van der Waals surface area contributed by atoms with E-state index >= 15 is 0 Å². The maximum absolute atomic E-state index is 12.8.